The maximum atomic E-state index is 5.16. The van der Waals surface area contributed by atoms with Crippen molar-refractivity contribution in [2.75, 3.05) is 11.1 Å². The summed E-state index contributed by atoms with van der Waals surface area (Å²) in [7, 11) is 0. The maximum absolute atomic E-state index is 5.16. The summed E-state index contributed by atoms with van der Waals surface area (Å²) < 4.78 is 5.16. The Morgan fingerprint density at radius 1 is 1.55 bits per heavy atom. The molecular formula is C6H9BrN2OS. The van der Waals surface area contributed by atoms with Crippen LogP contribution in [0.25, 0.3) is 0 Å². The smallest absolute Gasteiger partial charge is 0.276 e. The minimum absolute atomic E-state index is 0.631. The van der Waals surface area contributed by atoms with Crippen LogP contribution in [0.5, 0.6) is 0 Å². The lowest BCUT2D eigenvalue weighted by molar-refractivity contribution is 0.429. The lowest BCUT2D eigenvalue weighted by atomic mass is 10.6. The van der Waals surface area contributed by atoms with E-state index in [4.69, 9.17) is 4.42 Å². The Hall–Kier alpha value is -0.0300. The molecule has 1 aromatic rings. The molecule has 0 aliphatic rings. The van der Waals surface area contributed by atoms with Gasteiger partial charge in [0.05, 0.1) is 0 Å². The van der Waals surface area contributed by atoms with Crippen LogP contribution in [0.3, 0.4) is 0 Å². The van der Waals surface area contributed by atoms with Crippen molar-refractivity contribution in [1.82, 2.24) is 10.2 Å². The Morgan fingerprint density at radius 3 is 2.91 bits per heavy atom. The first-order valence-corrected chi connectivity index (χ1v) is 5.42. The van der Waals surface area contributed by atoms with Crippen molar-refractivity contribution in [1.29, 1.82) is 0 Å². The third-order valence-corrected chi connectivity index (χ3v) is 2.48. The highest BCUT2D eigenvalue weighted by Gasteiger charge is 2.00. The molecule has 0 saturated carbocycles. The zero-order valence-electron chi connectivity index (χ0n) is 6.21. The Balaban J connectivity index is 2.27. The van der Waals surface area contributed by atoms with Crippen LogP contribution in [-0.2, 0) is 0 Å². The molecule has 0 aliphatic carbocycles. The second-order valence-electron chi connectivity index (χ2n) is 1.98. The summed E-state index contributed by atoms with van der Waals surface area (Å²) in [6, 6.07) is 0. The van der Waals surface area contributed by atoms with E-state index in [-0.39, 0.29) is 0 Å². The van der Waals surface area contributed by atoms with E-state index in [0.717, 1.165) is 17.5 Å². The molecule has 62 valence electrons. The summed E-state index contributed by atoms with van der Waals surface area (Å²) in [4.78, 5) is 0. The van der Waals surface area contributed by atoms with Crippen LogP contribution in [-0.4, -0.2) is 21.3 Å². The van der Waals surface area contributed by atoms with Crippen molar-refractivity contribution < 1.29 is 4.42 Å². The highest BCUT2D eigenvalue weighted by molar-refractivity contribution is 9.09. The molecule has 0 spiro atoms. The molecule has 3 nitrogen and oxygen atoms in total. The van der Waals surface area contributed by atoms with Crippen molar-refractivity contribution in [3.8, 4) is 0 Å². The monoisotopic (exact) mass is 236 g/mol. The number of aryl methyl sites for hydroxylation is 1. The number of thioether (sulfide) groups is 1. The molecule has 0 aliphatic heterocycles. The molecule has 1 aromatic heterocycles. The van der Waals surface area contributed by atoms with Crippen LogP contribution in [0, 0.1) is 6.92 Å². The van der Waals surface area contributed by atoms with E-state index in [1.807, 2.05) is 0 Å². The van der Waals surface area contributed by atoms with E-state index >= 15 is 0 Å². The minimum Gasteiger partial charge on any atom is -0.416 e. The van der Waals surface area contributed by atoms with Gasteiger partial charge in [0.1, 0.15) is 0 Å². The highest BCUT2D eigenvalue weighted by atomic mass is 79.9. The number of nitrogens with zero attached hydrogens (tertiary/aromatic N) is 2. The first kappa shape index (κ1) is 9.06. The molecule has 0 atom stereocenters. The van der Waals surface area contributed by atoms with Crippen molar-refractivity contribution in [2.45, 2.75) is 18.6 Å². The Labute approximate surface area is 78.1 Å². The van der Waals surface area contributed by atoms with Crippen LogP contribution < -0.4 is 0 Å². The quantitative estimate of drug-likeness (QED) is 0.457. The molecule has 0 radical (unpaired) electrons. The van der Waals surface area contributed by atoms with Crippen LogP contribution in [0.15, 0.2) is 9.64 Å². The fraction of sp³-hybridized carbons (Fsp3) is 0.667. The molecule has 1 heterocycles. The molecule has 0 bridgehead atoms. The number of alkyl halides is 1. The molecule has 11 heavy (non-hydrogen) atoms. The maximum Gasteiger partial charge on any atom is 0.276 e. The van der Waals surface area contributed by atoms with Gasteiger partial charge in [-0.2, -0.15) is 0 Å². The molecule has 5 heteroatoms. The SMILES string of the molecule is Cc1nnc(SCCCBr)o1. The van der Waals surface area contributed by atoms with Crippen molar-refractivity contribution in [3.63, 3.8) is 0 Å². The molecular weight excluding hydrogens is 228 g/mol. The van der Waals surface area contributed by atoms with E-state index in [1.54, 1.807) is 18.7 Å². The van der Waals surface area contributed by atoms with E-state index < -0.39 is 0 Å². The topological polar surface area (TPSA) is 38.9 Å². The van der Waals surface area contributed by atoms with Gasteiger partial charge in [-0.05, 0) is 6.42 Å². The van der Waals surface area contributed by atoms with E-state index in [1.165, 1.54) is 0 Å². The summed E-state index contributed by atoms with van der Waals surface area (Å²) in [5.41, 5.74) is 0. The lowest BCUT2D eigenvalue weighted by Crippen LogP contribution is -1.80. The molecule has 0 amide bonds. The van der Waals surface area contributed by atoms with E-state index in [2.05, 4.69) is 26.1 Å². The lowest BCUT2D eigenvalue weighted by Gasteiger charge is -1.90. The predicted molar refractivity (Wildman–Crippen MR) is 48.2 cm³/mol. The van der Waals surface area contributed by atoms with Gasteiger partial charge in [-0.1, -0.05) is 27.7 Å². The summed E-state index contributed by atoms with van der Waals surface area (Å²) in [6.07, 6.45) is 1.12. The molecule has 1 rings (SSSR count). The third-order valence-electron chi connectivity index (χ3n) is 1.01. The Bertz CT molecular complexity index is 216. The average molecular weight is 237 g/mol. The zero-order chi connectivity index (χ0) is 8.10. The van der Waals surface area contributed by atoms with Gasteiger partial charge >= 0.3 is 0 Å². The zero-order valence-corrected chi connectivity index (χ0v) is 8.61. The van der Waals surface area contributed by atoms with Gasteiger partial charge in [0.15, 0.2) is 0 Å². The van der Waals surface area contributed by atoms with Gasteiger partial charge < -0.3 is 4.42 Å². The first-order chi connectivity index (χ1) is 5.33. The summed E-state index contributed by atoms with van der Waals surface area (Å²) in [6.45, 7) is 1.79. The molecule has 0 aromatic carbocycles. The summed E-state index contributed by atoms with van der Waals surface area (Å²) in [5.74, 6) is 1.65. The van der Waals surface area contributed by atoms with E-state index in [0.29, 0.717) is 11.1 Å². The second kappa shape index (κ2) is 4.77. The second-order valence-corrected chi connectivity index (χ2v) is 3.82. The first-order valence-electron chi connectivity index (χ1n) is 3.32. The molecule has 0 fully saturated rings. The highest BCUT2D eigenvalue weighted by Crippen LogP contribution is 2.16. The van der Waals surface area contributed by atoms with Gasteiger partial charge in [-0.15, -0.1) is 10.2 Å². The standard InChI is InChI=1S/C6H9BrN2OS/c1-5-8-9-6(10-5)11-4-2-3-7/h2-4H2,1H3. The fourth-order valence-corrected chi connectivity index (χ4v) is 1.94. The number of halogens is 1. The fourth-order valence-electron chi connectivity index (χ4n) is 0.551. The summed E-state index contributed by atoms with van der Waals surface area (Å²) in [5, 5.41) is 9.26. The summed E-state index contributed by atoms with van der Waals surface area (Å²) >= 11 is 4.94. The van der Waals surface area contributed by atoms with Crippen molar-refractivity contribution in [3.05, 3.63) is 5.89 Å². The molecule has 0 unspecified atom stereocenters. The number of hydrogen-bond acceptors (Lipinski definition) is 4. The molecule has 0 N–H and O–H groups in total. The van der Waals surface area contributed by atoms with E-state index in [9.17, 15) is 0 Å². The number of rotatable bonds is 4. The minimum atomic E-state index is 0.631. The predicted octanol–water partition coefficient (Wildman–Crippen LogP) is 2.26. The van der Waals surface area contributed by atoms with Crippen LogP contribution in [0.4, 0.5) is 0 Å². The molecule has 0 saturated heterocycles. The van der Waals surface area contributed by atoms with Crippen molar-refractivity contribution in [2.24, 2.45) is 0 Å². The number of hydrogen-bond donors (Lipinski definition) is 0. The normalized spacial score (nSPS) is 10.4. The van der Waals surface area contributed by atoms with Gasteiger partial charge in [-0.25, -0.2) is 0 Å². The number of aromatic nitrogens is 2. The average Bonchev–Trinajstić information content (AvgIpc) is 2.37. The largest absolute Gasteiger partial charge is 0.416 e. The van der Waals surface area contributed by atoms with Crippen LogP contribution in [0.1, 0.15) is 12.3 Å². The van der Waals surface area contributed by atoms with Crippen LogP contribution in [0.2, 0.25) is 0 Å². The van der Waals surface area contributed by atoms with Crippen LogP contribution >= 0.6 is 27.7 Å². The third kappa shape index (κ3) is 3.25. The van der Waals surface area contributed by atoms with Gasteiger partial charge in [0.25, 0.3) is 5.22 Å². The van der Waals surface area contributed by atoms with Crippen molar-refractivity contribution >= 4 is 27.7 Å². The van der Waals surface area contributed by atoms with Gasteiger partial charge in [-0.3, -0.25) is 0 Å². The Kier molecular flexibility index (Phi) is 3.93. The van der Waals surface area contributed by atoms with Gasteiger partial charge in [0, 0.05) is 18.0 Å². The Morgan fingerprint density at radius 2 is 2.36 bits per heavy atom. The van der Waals surface area contributed by atoms with Gasteiger partial charge in [0.2, 0.25) is 5.89 Å².